The van der Waals surface area contributed by atoms with Crippen molar-refractivity contribution in [2.24, 2.45) is 5.10 Å². The number of carbonyl (C=O) groups is 1. The summed E-state index contributed by atoms with van der Waals surface area (Å²) in [6, 6.07) is 17.6. The fraction of sp³-hybridized carbons (Fsp3) is 0.207. The Labute approximate surface area is 248 Å². The van der Waals surface area contributed by atoms with Gasteiger partial charge in [-0.2, -0.15) is 5.10 Å². The largest absolute Gasteiger partial charge is 0.497 e. The number of hydrogen-bond donors (Lipinski definition) is 1. The van der Waals surface area contributed by atoms with Crippen molar-refractivity contribution in [3.8, 4) is 23.0 Å². The molecule has 0 saturated heterocycles. The number of hydrogen-bond acceptors (Lipinski definition) is 9. The van der Waals surface area contributed by atoms with Crippen LogP contribution < -0.4 is 28.7 Å². The minimum absolute atomic E-state index is 0.101. The molecule has 0 radical (unpaired) electrons. The van der Waals surface area contributed by atoms with E-state index in [0.29, 0.717) is 34.9 Å². The van der Waals surface area contributed by atoms with Gasteiger partial charge in [-0.15, -0.1) is 0 Å². The molecule has 0 saturated carbocycles. The van der Waals surface area contributed by atoms with Gasteiger partial charge in [0, 0.05) is 23.1 Å². The van der Waals surface area contributed by atoms with E-state index in [-0.39, 0.29) is 21.5 Å². The molecule has 0 aliphatic rings. The summed E-state index contributed by atoms with van der Waals surface area (Å²) in [5, 5.41) is 4.94. The predicted molar refractivity (Wildman–Crippen MR) is 161 cm³/mol. The molecule has 1 amide bonds. The average Bonchev–Trinajstić information content (AvgIpc) is 3.00. The van der Waals surface area contributed by atoms with Gasteiger partial charge in [0.05, 0.1) is 50.3 Å². The molecule has 0 atom stereocenters. The Morgan fingerprint density at radius 1 is 0.952 bits per heavy atom. The number of ether oxygens (including phenoxy) is 4. The van der Waals surface area contributed by atoms with E-state index in [9.17, 15) is 13.2 Å². The van der Waals surface area contributed by atoms with Crippen molar-refractivity contribution in [3.63, 3.8) is 0 Å². The molecule has 1 aromatic heterocycles. The molecule has 0 aliphatic heterocycles. The van der Waals surface area contributed by atoms with Crippen LogP contribution in [0.2, 0.25) is 5.15 Å². The fourth-order valence-corrected chi connectivity index (χ4v) is 5.62. The van der Waals surface area contributed by atoms with Crippen LogP contribution in [0.1, 0.15) is 12.5 Å². The van der Waals surface area contributed by atoms with Crippen molar-refractivity contribution < 1.29 is 32.2 Å². The quantitative estimate of drug-likeness (QED) is 0.139. The van der Waals surface area contributed by atoms with Gasteiger partial charge in [0.25, 0.3) is 15.9 Å². The monoisotopic (exact) mass is 612 g/mol. The maximum atomic E-state index is 13.8. The third kappa shape index (κ3) is 6.84. The second-order valence-electron chi connectivity index (χ2n) is 8.68. The standard InChI is InChI=1S/C29H29ClN4O7S/c1-5-41-22-10-7-21(8-11-22)34(42(36,37)24-12-13-26(39-3)27(16-24)40-4)18-28(35)33-31-17-20-14-19-6-9-23(38-2)15-25(19)32-29(20)30/h6-17H,5,18H2,1-4H3,(H,33,35)/b31-17-. The van der Waals surface area contributed by atoms with Crippen LogP contribution in [0, 0.1) is 0 Å². The number of aromatic nitrogens is 1. The van der Waals surface area contributed by atoms with E-state index >= 15 is 0 Å². The van der Waals surface area contributed by atoms with Crippen LogP contribution in [0.3, 0.4) is 0 Å². The van der Waals surface area contributed by atoms with E-state index in [2.05, 4.69) is 15.5 Å². The second kappa shape index (κ2) is 13.4. The Kier molecular flexibility index (Phi) is 9.71. The summed E-state index contributed by atoms with van der Waals surface area (Å²) in [6.07, 6.45) is 1.33. The zero-order valence-corrected chi connectivity index (χ0v) is 24.9. The van der Waals surface area contributed by atoms with Crippen LogP contribution in [0.25, 0.3) is 10.9 Å². The van der Waals surface area contributed by atoms with Crippen molar-refractivity contribution in [3.05, 3.63) is 77.4 Å². The molecule has 1 heterocycles. The number of halogens is 1. The molecule has 4 rings (SSSR count). The molecule has 220 valence electrons. The number of nitrogens with one attached hydrogen (secondary N) is 1. The molecular weight excluding hydrogens is 584 g/mol. The number of hydrazone groups is 1. The summed E-state index contributed by atoms with van der Waals surface area (Å²) in [4.78, 5) is 17.2. The van der Waals surface area contributed by atoms with Gasteiger partial charge < -0.3 is 18.9 Å². The summed E-state index contributed by atoms with van der Waals surface area (Å²) >= 11 is 6.31. The Hall–Kier alpha value is -4.55. The van der Waals surface area contributed by atoms with Gasteiger partial charge in [-0.3, -0.25) is 9.10 Å². The minimum Gasteiger partial charge on any atom is -0.497 e. The van der Waals surface area contributed by atoms with Gasteiger partial charge in [-0.1, -0.05) is 11.6 Å². The zero-order chi connectivity index (χ0) is 30.3. The van der Waals surface area contributed by atoms with Crippen molar-refractivity contribution in [2.75, 3.05) is 38.8 Å². The van der Waals surface area contributed by atoms with E-state index in [1.165, 1.54) is 38.6 Å². The summed E-state index contributed by atoms with van der Waals surface area (Å²) in [5.41, 5.74) is 3.70. The lowest BCUT2D eigenvalue weighted by atomic mass is 10.1. The van der Waals surface area contributed by atoms with Crippen molar-refractivity contribution in [1.29, 1.82) is 0 Å². The van der Waals surface area contributed by atoms with Gasteiger partial charge in [0.15, 0.2) is 11.5 Å². The van der Waals surface area contributed by atoms with Crippen molar-refractivity contribution >= 4 is 50.3 Å². The van der Waals surface area contributed by atoms with Crippen LogP contribution in [0.15, 0.2) is 76.7 Å². The SMILES string of the molecule is CCOc1ccc(N(CC(=O)N/N=C\c2cc3ccc(OC)cc3nc2Cl)S(=O)(=O)c2ccc(OC)c(OC)c2)cc1. The number of sulfonamides is 1. The lowest BCUT2D eigenvalue weighted by molar-refractivity contribution is -0.119. The van der Waals surface area contributed by atoms with Gasteiger partial charge in [0.1, 0.15) is 23.2 Å². The van der Waals surface area contributed by atoms with E-state index in [4.69, 9.17) is 30.5 Å². The molecule has 13 heteroatoms. The van der Waals surface area contributed by atoms with Crippen molar-refractivity contribution in [1.82, 2.24) is 10.4 Å². The number of methoxy groups -OCH3 is 3. The maximum Gasteiger partial charge on any atom is 0.264 e. The predicted octanol–water partition coefficient (Wildman–Crippen LogP) is 4.66. The third-order valence-corrected chi connectivity index (χ3v) is 8.14. The average molecular weight is 613 g/mol. The van der Waals surface area contributed by atoms with Crippen LogP contribution in [-0.4, -0.2) is 60.0 Å². The molecule has 3 aromatic carbocycles. The van der Waals surface area contributed by atoms with Crippen molar-refractivity contribution in [2.45, 2.75) is 11.8 Å². The summed E-state index contributed by atoms with van der Waals surface area (Å²) in [6.45, 7) is 1.70. The molecule has 1 N–H and O–H groups in total. The van der Waals surface area contributed by atoms with Crippen LogP contribution in [-0.2, 0) is 14.8 Å². The van der Waals surface area contributed by atoms with Gasteiger partial charge in [-0.05, 0) is 61.5 Å². The first-order chi connectivity index (χ1) is 20.2. The molecule has 42 heavy (non-hydrogen) atoms. The first kappa shape index (κ1) is 30.4. The summed E-state index contributed by atoms with van der Waals surface area (Å²) in [7, 11) is 0.162. The Balaban J connectivity index is 1.60. The molecule has 0 aliphatic carbocycles. The normalized spacial score (nSPS) is 11.4. The number of benzene rings is 3. The molecule has 0 unspecified atom stereocenters. The second-order valence-corrected chi connectivity index (χ2v) is 10.9. The lowest BCUT2D eigenvalue weighted by Crippen LogP contribution is -2.39. The number of amides is 1. The highest BCUT2D eigenvalue weighted by molar-refractivity contribution is 7.92. The van der Waals surface area contributed by atoms with E-state index in [1.807, 2.05) is 13.0 Å². The van der Waals surface area contributed by atoms with Crippen LogP contribution in [0.5, 0.6) is 23.0 Å². The molecule has 4 aromatic rings. The minimum atomic E-state index is -4.24. The zero-order valence-electron chi connectivity index (χ0n) is 23.3. The number of fused-ring (bicyclic) bond motifs is 1. The molecule has 0 bridgehead atoms. The first-order valence-electron chi connectivity index (χ1n) is 12.6. The van der Waals surface area contributed by atoms with Gasteiger partial charge in [0.2, 0.25) is 0 Å². The highest BCUT2D eigenvalue weighted by Gasteiger charge is 2.28. The van der Waals surface area contributed by atoms with Gasteiger partial charge in [-0.25, -0.2) is 18.8 Å². The molecular formula is C29H29ClN4O7S. The first-order valence-corrected chi connectivity index (χ1v) is 14.5. The van der Waals surface area contributed by atoms with Crippen LogP contribution >= 0.6 is 11.6 Å². The Morgan fingerprint density at radius 2 is 1.67 bits per heavy atom. The topological polar surface area (TPSA) is 129 Å². The molecule has 11 nitrogen and oxygen atoms in total. The Bertz CT molecular complexity index is 1710. The molecule has 0 spiro atoms. The van der Waals surface area contributed by atoms with E-state index in [0.717, 1.165) is 9.69 Å². The van der Waals surface area contributed by atoms with Crippen LogP contribution in [0.4, 0.5) is 5.69 Å². The summed E-state index contributed by atoms with van der Waals surface area (Å²) < 4.78 is 49.8. The highest BCUT2D eigenvalue weighted by Crippen LogP contribution is 2.32. The summed E-state index contributed by atoms with van der Waals surface area (Å²) in [5.74, 6) is 1.08. The van der Waals surface area contributed by atoms with E-state index < -0.39 is 22.5 Å². The number of carbonyl (C=O) groups excluding carboxylic acids is 1. The number of nitrogens with zero attached hydrogens (tertiary/aromatic N) is 3. The number of pyridine rings is 1. The van der Waals surface area contributed by atoms with Gasteiger partial charge >= 0.3 is 0 Å². The number of rotatable bonds is 12. The van der Waals surface area contributed by atoms with E-state index in [1.54, 1.807) is 49.6 Å². The third-order valence-electron chi connectivity index (χ3n) is 6.06. The fourth-order valence-electron chi connectivity index (χ4n) is 3.99. The maximum absolute atomic E-state index is 13.8. The smallest absolute Gasteiger partial charge is 0.264 e. The highest BCUT2D eigenvalue weighted by atomic mass is 35.5. The Morgan fingerprint density at radius 3 is 2.33 bits per heavy atom. The lowest BCUT2D eigenvalue weighted by Gasteiger charge is -2.24. The molecule has 0 fully saturated rings. The number of anilines is 1.